The van der Waals surface area contributed by atoms with E-state index in [0.29, 0.717) is 16.0 Å². The smallest absolute Gasteiger partial charge is 0.325 e. The average molecular weight is 449 g/mol. The summed E-state index contributed by atoms with van der Waals surface area (Å²) < 4.78 is 36.0. The molecule has 3 rings (SSSR count). The molecular formula is C20H20N2O6S2. The van der Waals surface area contributed by atoms with E-state index in [1.54, 1.807) is 18.2 Å². The number of rotatable bonds is 7. The van der Waals surface area contributed by atoms with E-state index in [4.69, 9.17) is 9.47 Å². The maximum atomic E-state index is 12.3. The highest BCUT2D eigenvalue weighted by molar-refractivity contribution is 7.90. The molecular weight excluding hydrogens is 428 g/mol. The fraction of sp³-hybridized carbons (Fsp3) is 0.250. The van der Waals surface area contributed by atoms with Gasteiger partial charge in [-0.2, -0.15) is 4.99 Å². The molecule has 10 heteroatoms. The van der Waals surface area contributed by atoms with Crippen molar-refractivity contribution in [3.05, 3.63) is 53.3 Å². The fourth-order valence-corrected chi connectivity index (χ4v) is 4.46. The van der Waals surface area contributed by atoms with E-state index in [2.05, 4.69) is 4.99 Å². The first-order valence-electron chi connectivity index (χ1n) is 8.93. The predicted octanol–water partition coefficient (Wildman–Crippen LogP) is 2.18. The van der Waals surface area contributed by atoms with Crippen molar-refractivity contribution in [2.24, 2.45) is 4.99 Å². The van der Waals surface area contributed by atoms with Crippen LogP contribution in [0.3, 0.4) is 0 Å². The Labute approximate surface area is 177 Å². The Balaban J connectivity index is 1.90. The maximum absolute atomic E-state index is 12.3. The van der Waals surface area contributed by atoms with Gasteiger partial charge in [-0.15, -0.1) is 0 Å². The molecule has 0 atom stereocenters. The second kappa shape index (κ2) is 9.23. The van der Waals surface area contributed by atoms with Gasteiger partial charge >= 0.3 is 5.97 Å². The van der Waals surface area contributed by atoms with Crippen molar-refractivity contribution in [1.29, 1.82) is 0 Å². The highest BCUT2D eigenvalue weighted by atomic mass is 32.2. The lowest BCUT2D eigenvalue weighted by Gasteiger charge is -2.05. The van der Waals surface area contributed by atoms with Gasteiger partial charge in [-0.3, -0.25) is 9.59 Å². The quantitative estimate of drug-likeness (QED) is 0.513. The minimum Gasteiger partial charge on any atom is -0.493 e. The van der Waals surface area contributed by atoms with E-state index >= 15 is 0 Å². The van der Waals surface area contributed by atoms with Crippen LogP contribution in [0.25, 0.3) is 10.2 Å². The molecule has 1 heterocycles. The summed E-state index contributed by atoms with van der Waals surface area (Å²) >= 11 is 1.13. The van der Waals surface area contributed by atoms with E-state index in [-0.39, 0.29) is 29.3 Å². The third kappa shape index (κ3) is 5.33. The molecule has 0 aliphatic rings. The number of fused-ring (bicyclic) bond motifs is 1. The number of nitrogens with zero attached hydrogens (tertiary/aromatic N) is 2. The molecule has 1 amide bonds. The second-order valence-corrected chi connectivity index (χ2v) is 9.39. The summed E-state index contributed by atoms with van der Waals surface area (Å²) in [5.74, 6) is -0.274. The van der Waals surface area contributed by atoms with E-state index in [1.807, 2.05) is 18.2 Å². The predicted molar refractivity (Wildman–Crippen MR) is 112 cm³/mol. The topological polar surface area (TPSA) is 104 Å². The first-order chi connectivity index (χ1) is 14.3. The minimum absolute atomic E-state index is 0.0515. The van der Waals surface area contributed by atoms with Gasteiger partial charge in [0.15, 0.2) is 14.6 Å². The van der Waals surface area contributed by atoms with Crippen LogP contribution >= 0.6 is 11.3 Å². The number of thiazole rings is 1. The van der Waals surface area contributed by atoms with E-state index in [9.17, 15) is 18.0 Å². The Morgan fingerprint density at radius 3 is 2.53 bits per heavy atom. The number of aromatic nitrogens is 1. The van der Waals surface area contributed by atoms with Gasteiger partial charge in [0.25, 0.3) is 5.91 Å². The summed E-state index contributed by atoms with van der Waals surface area (Å²) in [6.45, 7) is 0.00776. The van der Waals surface area contributed by atoms with Gasteiger partial charge in [0.1, 0.15) is 12.3 Å². The van der Waals surface area contributed by atoms with Crippen LogP contribution in [0, 0.1) is 0 Å². The first-order valence-corrected chi connectivity index (χ1v) is 11.6. The molecule has 3 aromatic rings. The highest BCUT2D eigenvalue weighted by Crippen LogP contribution is 2.22. The van der Waals surface area contributed by atoms with Crippen molar-refractivity contribution in [3.63, 3.8) is 0 Å². The van der Waals surface area contributed by atoms with Gasteiger partial charge in [-0.05, 0) is 30.3 Å². The average Bonchev–Trinajstić information content (AvgIpc) is 3.04. The number of para-hydroxylation sites is 1. The van der Waals surface area contributed by atoms with Crippen LogP contribution in [-0.2, 0) is 30.7 Å². The van der Waals surface area contributed by atoms with Gasteiger partial charge < -0.3 is 14.0 Å². The summed E-state index contributed by atoms with van der Waals surface area (Å²) in [5, 5.41) is 0. The zero-order chi connectivity index (χ0) is 21.7. The van der Waals surface area contributed by atoms with Crippen molar-refractivity contribution in [3.8, 4) is 5.75 Å². The molecule has 0 bridgehead atoms. The molecule has 0 unspecified atom stereocenters. The SMILES string of the molecule is COC(=O)Cn1c(=NC(=O)CCOc2ccccc2)sc2cc(S(C)(=O)=O)ccc21. The molecule has 0 radical (unpaired) electrons. The normalized spacial score (nSPS) is 12.1. The van der Waals surface area contributed by atoms with Crippen molar-refractivity contribution >= 4 is 43.3 Å². The lowest BCUT2D eigenvalue weighted by molar-refractivity contribution is -0.141. The number of sulfone groups is 1. The number of ether oxygens (including phenoxy) is 2. The molecule has 8 nitrogen and oxygen atoms in total. The molecule has 30 heavy (non-hydrogen) atoms. The van der Waals surface area contributed by atoms with Gasteiger partial charge in [0, 0.05) is 6.26 Å². The molecule has 0 fully saturated rings. The van der Waals surface area contributed by atoms with Gasteiger partial charge in [-0.1, -0.05) is 29.5 Å². The molecule has 0 aliphatic carbocycles. The van der Waals surface area contributed by atoms with Gasteiger partial charge in [0.05, 0.1) is 35.2 Å². The van der Waals surface area contributed by atoms with Gasteiger partial charge in [0.2, 0.25) is 0 Å². The van der Waals surface area contributed by atoms with E-state index in [0.717, 1.165) is 17.6 Å². The Hall–Kier alpha value is -2.98. The second-order valence-electron chi connectivity index (χ2n) is 6.37. The Morgan fingerprint density at radius 1 is 1.13 bits per heavy atom. The number of methoxy groups -OCH3 is 1. The molecule has 0 N–H and O–H groups in total. The number of benzene rings is 2. The molecule has 0 spiro atoms. The van der Waals surface area contributed by atoms with Crippen LogP contribution < -0.4 is 9.54 Å². The minimum atomic E-state index is -3.40. The zero-order valence-corrected chi connectivity index (χ0v) is 18.0. The van der Waals surface area contributed by atoms with Crippen LogP contribution in [-0.4, -0.2) is 44.8 Å². The van der Waals surface area contributed by atoms with Crippen LogP contribution in [0.15, 0.2) is 58.4 Å². The van der Waals surface area contributed by atoms with Crippen LogP contribution in [0.1, 0.15) is 6.42 Å². The molecule has 1 aromatic heterocycles. The summed E-state index contributed by atoms with van der Waals surface area (Å²) in [7, 11) is -2.13. The third-order valence-electron chi connectivity index (χ3n) is 4.15. The lowest BCUT2D eigenvalue weighted by atomic mass is 10.3. The van der Waals surface area contributed by atoms with E-state index in [1.165, 1.54) is 23.8 Å². The molecule has 0 aliphatic heterocycles. The van der Waals surface area contributed by atoms with Gasteiger partial charge in [-0.25, -0.2) is 8.42 Å². The largest absolute Gasteiger partial charge is 0.493 e. The lowest BCUT2D eigenvalue weighted by Crippen LogP contribution is -2.22. The molecule has 0 saturated carbocycles. The number of amides is 1. The summed E-state index contributed by atoms with van der Waals surface area (Å²) in [6.07, 6.45) is 1.17. The summed E-state index contributed by atoms with van der Waals surface area (Å²) in [4.78, 5) is 28.7. The van der Waals surface area contributed by atoms with Crippen LogP contribution in [0.4, 0.5) is 0 Å². The standard InChI is InChI=1S/C20H20N2O6S2/c1-27-19(24)13-22-16-9-8-15(30(2,25)26)12-17(16)29-20(22)21-18(23)10-11-28-14-6-4-3-5-7-14/h3-9,12H,10-11,13H2,1-2H3. The Morgan fingerprint density at radius 2 is 1.87 bits per heavy atom. The summed E-state index contributed by atoms with van der Waals surface area (Å²) in [5.41, 5.74) is 0.588. The third-order valence-corrected chi connectivity index (χ3v) is 6.30. The van der Waals surface area contributed by atoms with Crippen LogP contribution in [0.5, 0.6) is 5.75 Å². The van der Waals surface area contributed by atoms with Crippen molar-refractivity contribution in [2.45, 2.75) is 17.9 Å². The number of hydrogen-bond donors (Lipinski definition) is 0. The summed E-state index contributed by atoms with van der Waals surface area (Å²) in [6, 6.07) is 13.7. The number of carbonyl (C=O) groups is 2. The van der Waals surface area contributed by atoms with Crippen LogP contribution in [0.2, 0.25) is 0 Å². The van der Waals surface area contributed by atoms with Crippen molar-refractivity contribution in [2.75, 3.05) is 20.0 Å². The zero-order valence-electron chi connectivity index (χ0n) is 16.4. The number of carbonyl (C=O) groups excluding carboxylic acids is 2. The highest BCUT2D eigenvalue weighted by Gasteiger charge is 2.15. The molecule has 158 valence electrons. The Bertz CT molecular complexity index is 1240. The van der Waals surface area contributed by atoms with Crippen molar-refractivity contribution < 1.29 is 27.5 Å². The molecule has 0 saturated heterocycles. The Kier molecular flexibility index (Phi) is 6.68. The van der Waals surface area contributed by atoms with E-state index < -0.39 is 21.7 Å². The monoisotopic (exact) mass is 448 g/mol. The first kappa shape index (κ1) is 21.7. The number of esters is 1. The number of hydrogen-bond acceptors (Lipinski definition) is 7. The maximum Gasteiger partial charge on any atom is 0.325 e. The fourth-order valence-electron chi connectivity index (χ4n) is 2.65. The molecule has 2 aromatic carbocycles. The van der Waals surface area contributed by atoms with Crippen molar-refractivity contribution in [1.82, 2.24) is 4.57 Å².